The topological polar surface area (TPSA) is 84.0 Å². The Balaban J connectivity index is 1.33. The van der Waals surface area contributed by atoms with E-state index in [4.69, 9.17) is 4.74 Å². The van der Waals surface area contributed by atoms with Crippen LogP contribution in [0.5, 0.6) is 11.5 Å². The van der Waals surface area contributed by atoms with Crippen LogP contribution in [0.1, 0.15) is 25.7 Å². The smallest absolute Gasteiger partial charge is 0.179 e. The van der Waals surface area contributed by atoms with Crippen LogP contribution in [0.2, 0.25) is 0 Å². The molecule has 180 valence electrons. The molecule has 9 heteroatoms. The number of sulfone groups is 2. The molecule has 0 amide bonds. The Kier molecular flexibility index (Phi) is 7.73. The lowest BCUT2D eigenvalue weighted by atomic mass is 10.3. The highest BCUT2D eigenvalue weighted by Gasteiger charge is 2.20. The second kappa shape index (κ2) is 10.5. The lowest BCUT2D eigenvalue weighted by Gasteiger charge is -2.15. The zero-order chi connectivity index (χ0) is 23.3. The van der Waals surface area contributed by atoms with E-state index < -0.39 is 19.7 Å². The molecule has 0 aromatic heterocycles. The van der Waals surface area contributed by atoms with Crippen LogP contribution >= 0.6 is 0 Å². The van der Waals surface area contributed by atoms with Gasteiger partial charge in [-0.1, -0.05) is 0 Å². The molecule has 0 bridgehead atoms. The summed E-state index contributed by atoms with van der Waals surface area (Å²) in [5, 5.41) is 0. The van der Waals surface area contributed by atoms with E-state index in [-0.39, 0.29) is 21.3 Å². The molecule has 2 aliphatic rings. The molecule has 0 spiro atoms. The van der Waals surface area contributed by atoms with Crippen molar-refractivity contribution in [3.63, 3.8) is 0 Å². The molecule has 0 unspecified atom stereocenters. The molecule has 0 atom stereocenters. The summed E-state index contributed by atoms with van der Waals surface area (Å²) in [6.07, 6.45) is 4.55. The first-order valence-electron chi connectivity index (χ1n) is 11.6. The van der Waals surface area contributed by atoms with E-state index in [1.54, 1.807) is 48.5 Å². The molecule has 2 aliphatic heterocycles. The van der Waals surface area contributed by atoms with Crippen molar-refractivity contribution in [2.24, 2.45) is 0 Å². The van der Waals surface area contributed by atoms with Gasteiger partial charge >= 0.3 is 0 Å². The van der Waals surface area contributed by atoms with Crippen molar-refractivity contribution in [2.45, 2.75) is 35.5 Å². The van der Waals surface area contributed by atoms with Crippen LogP contribution in [0, 0.1) is 0 Å². The zero-order valence-electron chi connectivity index (χ0n) is 18.9. The number of rotatable bonds is 10. The maximum atomic E-state index is 12.6. The van der Waals surface area contributed by atoms with Crippen molar-refractivity contribution in [1.29, 1.82) is 0 Å². The molecule has 0 N–H and O–H groups in total. The van der Waals surface area contributed by atoms with Gasteiger partial charge in [0.15, 0.2) is 19.7 Å². The van der Waals surface area contributed by atoms with Gasteiger partial charge in [0.2, 0.25) is 0 Å². The Labute approximate surface area is 197 Å². The summed E-state index contributed by atoms with van der Waals surface area (Å²) < 4.78 is 56.2. The van der Waals surface area contributed by atoms with Gasteiger partial charge in [-0.15, -0.1) is 0 Å². The van der Waals surface area contributed by atoms with E-state index in [0.717, 1.165) is 51.9 Å². The molecule has 2 aromatic rings. The lowest BCUT2D eigenvalue weighted by Crippen LogP contribution is -2.26. The van der Waals surface area contributed by atoms with Gasteiger partial charge in [-0.3, -0.25) is 0 Å². The summed E-state index contributed by atoms with van der Waals surface area (Å²) in [7, 11) is -6.68. The van der Waals surface area contributed by atoms with Crippen molar-refractivity contribution in [3.05, 3.63) is 48.5 Å². The Bertz CT molecular complexity index is 1030. The van der Waals surface area contributed by atoms with Crippen LogP contribution in [0.15, 0.2) is 58.3 Å². The number of nitrogens with zero attached hydrogens (tertiary/aromatic N) is 2. The van der Waals surface area contributed by atoms with Crippen LogP contribution in [-0.4, -0.2) is 77.4 Å². The SMILES string of the molecule is O=S(=O)(CCN1CCCC1)c1ccc(Oc2ccc(S(=O)(=O)CCN3CCCC3)cc2)cc1. The Hall–Kier alpha value is -1.94. The predicted octanol–water partition coefficient (Wildman–Crippen LogP) is 3.22. The Morgan fingerprint density at radius 1 is 0.576 bits per heavy atom. The van der Waals surface area contributed by atoms with Gasteiger partial charge in [0.25, 0.3) is 0 Å². The molecular formula is C24H32N2O5S2. The monoisotopic (exact) mass is 492 g/mol. The average Bonchev–Trinajstić information content (AvgIpc) is 3.52. The van der Waals surface area contributed by atoms with E-state index in [0.29, 0.717) is 24.6 Å². The van der Waals surface area contributed by atoms with Gasteiger partial charge in [0.1, 0.15) is 11.5 Å². The molecule has 2 saturated heterocycles. The van der Waals surface area contributed by atoms with Crippen LogP contribution in [-0.2, 0) is 19.7 Å². The van der Waals surface area contributed by atoms with Gasteiger partial charge in [0, 0.05) is 13.1 Å². The normalized spacial score (nSPS) is 18.1. The fourth-order valence-corrected chi connectivity index (χ4v) is 6.88. The van der Waals surface area contributed by atoms with Gasteiger partial charge in [-0.25, -0.2) is 16.8 Å². The fourth-order valence-electron chi connectivity index (χ4n) is 4.31. The number of ether oxygens (including phenoxy) is 1. The second-order valence-corrected chi connectivity index (χ2v) is 13.0. The minimum atomic E-state index is -3.34. The predicted molar refractivity (Wildman–Crippen MR) is 128 cm³/mol. The van der Waals surface area contributed by atoms with Crippen molar-refractivity contribution in [1.82, 2.24) is 9.80 Å². The van der Waals surface area contributed by atoms with E-state index in [1.807, 2.05) is 0 Å². The minimum absolute atomic E-state index is 0.112. The van der Waals surface area contributed by atoms with Crippen LogP contribution in [0.25, 0.3) is 0 Å². The third-order valence-corrected chi connectivity index (χ3v) is 9.77. The highest BCUT2D eigenvalue weighted by molar-refractivity contribution is 7.91. The molecule has 2 aromatic carbocycles. The maximum Gasteiger partial charge on any atom is 0.179 e. The Morgan fingerprint density at radius 3 is 1.24 bits per heavy atom. The summed E-state index contributed by atoms with van der Waals surface area (Å²) in [4.78, 5) is 4.94. The summed E-state index contributed by atoms with van der Waals surface area (Å²) in [5.74, 6) is 1.22. The largest absolute Gasteiger partial charge is 0.457 e. The van der Waals surface area contributed by atoms with E-state index in [1.165, 1.54) is 0 Å². The molecular weight excluding hydrogens is 460 g/mol. The molecule has 2 fully saturated rings. The zero-order valence-corrected chi connectivity index (χ0v) is 20.5. The molecule has 0 radical (unpaired) electrons. The summed E-state index contributed by atoms with van der Waals surface area (Å²) in [5.41, 5.74) is 0. The molecule has 0 saturated carbocycles. The van der Waals surface area contributed by atoms with Crippen LogP contribution < -0.4 is 4.74 Å². The summed E-state index contributed by atoms with van der Waals surface area (Å²) in [6, 6.07) is 12.8. The average molecular weight is 493 g/mol. The van der Waals surface area contributed by atoms with Crippen LogP contribution in [0.4, 0.5) is 0 Å². The van der Waals surface area contributed by atoms with Crippen molar-refractivity contribution in [3.8, 4) is 11.5 Å². The van der Waals surface area contributed by atoms with E-state index in [9.17, 15) is 16.8 Å². The molecule has 33 heavy (non-hydrogen) atoms. The molecule has 4 rings (SSSR count). The highest BCUT2D eigenvalue weighted by Crippen LogP contribution is 2.25. The second-order valence-electron chi connectivity index (χ2n) is 8.78. The third kappa shape index (κ3) is 6.56. The number of hydrogen-bond acceptors (Lipinski definition) is 7. The first-order valence-corrected chi connectivity index (χ1v) is 14.9. The summed E-state index contributed by atoms with van der Waals surface area (Å²) in [6.45, 7) is 5.02. The van der Waals surface area contributed by atoms with Gasteiger partial charge in [0.05, 0.1) is 21.3 Å². The van der Waals surface area contributed by atoms with E-state index >= 15 is 0 Å². The van der Waals surface area contributed by atoms with Crippen LogP contribution in [0.3, 0.4) is 0 Å². The van der Waals surface area contributed by atoms with Crippen molar-refractivity contribution >= 4 is 19.7 Å². The number of benzene rings is 2. The third-order valence-electron chi connectivity index (χ3n) is 6.35. The quantitative estimate of drug-likeness (QED) is 0.504. The van der Waals surface area contributed by atoms with Gasteiger partial charge in [-0.2, -0.15) is 0 Å². The van der Waals surface area contributed by atoms with Gasteiger partial charge in [-0.05, 0) is 100 Å². The summed E-state index contributed by atoms with van der Waals surface area (Å²) >= 11 is 0. The van der Waals surface area contributed by atoms with E-state index in [2.05, 4.69) is 9.80 Å². The molecule has 0 aliphatic carbocycles. The molecule has 7 nitrogen and oxygen atoms in total. The lowest BCUT2D eigenvalue weighted by molar-refractivity contribution is 0.359. The van der Waals surface area contributed by atoms with Gasteiger partial charge < -0.3 is 14.5 Å². The standard InChI is InChI=1S/C24H32N2O5S2/c27-32(28,19-17-25-13-1-2-14-25)23-9-5-21(6-10-23)31-22-7-11-24(12-8-22)33(29,30)20-18-26-15-3-4-16-26/h5-12H,1-4,13-20H2. The molecule has 2 heterocycles. The Morgan fingerprint density at radius 2 is 0.909 bits per heavy atom. The first kappa shape index (κ1) is 24.2. The minimum Gasteiger partial charge on any atom is -0.457 e. The van der Waals surface area contributed by atoms with Crippen molar-refractivity contribution in [2.75, 3.05) is 50.8 Å². The maximum absolute atomic E-state index is 12.6. The number of hydrogen-bond donors (Lipinski definition) is 0. The van der Waals surface area contributed by atoms with Crippen molar-refractivity contribution < 1.29 is 21.6 Å². The fraction of sp³-hybridized carbons (Fsp3) is 0.500. The number of likely N-dealkylation sites (tertiary alicyclic amines) is 2. The highest BCUT2D eigenvalue weighted by atomic mass is 32.2. The first-order chi connectivity index (χ1) is 15.8.